The molecular formula is C22H15N3O3S. The van der Waals surface area contributed by atoms with Crippen LogP contribution in [-0.2, 0) is 9.59 Å². The number of thiazole rings is 1. The zero-order valence-electron chi connectivity index (χ0n) is 15.2. The van der Waals surface area contributed by atoms with Crippen LogP contribution in [0.3, 0.4) is 0 Å². The number of carbonyl (C=O) groups is 3. The first-order valence-corrected chi connectivity index (χ1v) is 9.97. The largest absolute Gasteiger partial charge is 0.298 e. The summed E-state index contributed by atoms with van der Waals surface area (Å²) in [6, 6.07) is 18.5. The summed E-state index contributed by atoms with van der Waals surface area (Å²) in [6.07, 6.45) is 0.459. The molecule has 2 heterocycles. The summed E-state index contributed by atoms with van der Waals surface area (Å²) < 4.78 is 1.00. The molecule has 1 saturated heterocycles. The monoisotopic (exact) mass is 401 g/mol. The number of rotatable bonds is 3. The maximum atomic E-state index is 12.6. The molecule has 1 aliphatic rings. The zero-order chi connectivity index (χ0) is 20.0. The van der Waals surface area contributed by atoms with E-state index in [2.05, 4.69) is 10.3 Å². The second-order valence-electron chi connectivity index (χ2n) is 6.78. The number of nitrogens with zero attached hydrogens (tertiary/aromatic N) is 2. The van der Waals surface area contributed by atoms with Crippen molar-refractivity contribution in [2.24, 2.45) is 0 Å². The van der Waals surface area contributed by atoms with Gasteiger partial charge in [-0.05, 0) is 35.7 Å². The highest BCUT2D eigenvalue weighted by atomic mass is 32.1. The highest BCUT2D eigenvalue weighted by Gasteiger charge is 2.30. The van der Waals surface area contributed by atoms with Crippen LogP contribution >= 0.6 is 11.3 Å². The Morgan fingerprint density at radius 1 is 0.931 bits per heavy atom. The Morgan fingerprint density at radius 3 is 2.41 bits per heavy atom. The molecule has 6 nitrogen and oxygen atoms in total. The maximum absolute atomic E-state index is 12.6. The van der Waals surface area contributed by atoms with Crippen LogP contribution in [-0.4, -0.2) is 22.7 Å². The zero-order valence-corrected chi connectivity index (χ0v) is 16.0. The van der Waals surface area contributed by atoms with Crippen LogP contribution in [0.4, 0.5) is 10.8 Å². The Kier molecular flexibility index (Phi) is 4.10. The number of carbonyl (C=O) groups excluding carboxylic acids is 3. The molecule has 0 spiro atoms. The SMILES string of the molecule is O=C(Nc1nc2c(ccc3ccccc32)s1)c1ccc(N2C(=O)CCC2=O)cc1. The van der Waals surface area contributed by atoms with Gasteiger partial charge in [0.15, 0.2) is 5.13 Å². The molecule has 0 radical (unpaired) electrons. The first kappa shape index (κ1) is 17.5. The fourth-order valence-electron chi connectivity index (χ4n) is 3.51. The topological polar surface area (TPSA) is 79.4 Å². The molecule has 1 N–H and O–H groups in total. The van der Waals surface area contributed by atoms with Crippen LogP contribution in [0.15, 0.2) is 60.7 Å². The fourth-order valence-corrected chi connectivity index (χ4v) is 4.39. The molecular weight excluding hydrogens is 386 g/mol. The van der Waals surface area contributed by atoms with Crippen molar-refractivity contribution in [3.05, 3.63) is 66.2 Å². The predicted molar refractivity (Wildman–Crippen MR) is 113 cm³/mol. The molecule has 29 heavy (non-hydrogen) atoms. The van der Waals surface area contributed by atoms with Crippen molar-refractivity contribution in [1.82, 2.24) is 4.98 Å². The molecule has 0 atom stereocenters. The van der Waals surface area contributed by atoms with E-state index in [1.54, 1.807) is 24.3 Å². The number of hydrogen-bond donors (Lipinski definition) is 1. The van der Waals surface area contributed by atoms with E-state index in [4.69, 9.17) is 0 Å². The minimum Gasteiger partial charge on any atom is -0.298 e. The summed E-state index contributed by atoms with van der Waals surface area (Å²) in [6.45, 7) is 0. The lowest BCUT2D eigenvalue weighted by Crippen LogP contribution is -2.28. The van der Waals surface area contributed by atoms with Crippen molar-refractivity contribution in [3.8, 4) is 0 Å². The van der Waals surface area contributed by atoms with Crippen molar-refractivity contribution in [3.63, 3.8) is 0 Å². The number of amides is 3. The fraction of sp³-hybridized carbons (Fsp3) is 0.0909. The molecule has 1 aliphatic heterocycles. The van der Waals surface area contributed by atoms with Crippen LogP contribution < -0.4 is 10.2 Å². The quantitative estimate of drug-likeness (QED) is 0.518. The highest BCUT2D eigenvalue weighted by Crippen LogP contribution is 2.32. The third kappa shape index (κ3) is 3.05. The lowest BCUT2D eigenvalue weighted by atomic mass is 10.1. The molecule has 0 unspecified atom stereocenters. The van der Waals surface area contributed by atoms with Crippen molar-refractivity contribution in [1.29, 1.82) is 0 Å². The Bertz CT molecular complexity index is 1280. The predicted octanol–water partition coefficient (Wildman–Crippen LogP) is 4.36. The number of anilines is 2. The van der Waals surface area contributed by atoms with Crippen molar-refractivity contribution in [2.75, 3.05) is 10.2 Å². The average Bonchev–Trinajstić information content (AvgIpc) is 3.30. The van der Waals surface area contributed by atoms with Crippen LogP contribution in [0.2, 0.25) is 0 Å². The Hall–Kier alpha value is -3.58. The van der Waals surface area contributed by atoms with Crippen LogP contribution in [0.25, 0.3) is 21.0 Å². The number of fused-ring (bicyclic) bond motifs is 3. The van der Waals surface area contributed by atoms with Gasteiger partial charge in [0.25, 0.3) is 5.91 Å². The van der Waals surface area contributed by atoms with Gasteiger partial charge in [-0.3, -0.25) is 24.6 Å². The normalized spacial score (nSPS) is 14.1. The van der Waals surface area contributed by atoms with E-state index < -0.39 is 0 Å². The maximum Gasteiger partial charge on any atom is 0.257 e. The molecule has 1 fully saturated rings. The van der Waals surface area contributed by atoms with Gasteiger partial charge in [-0.2, -0.15) is 0 Å². The molecule has 5 rings (SSSR count). The summed E-state index contributed by atoms with van der Waals surface area (Å²) in [5, 5.41) is 5.51. The Labute approximate surface area is 169 Å². The Balaban J connectivity index is 1.39. The minimum atomic E-state index is -0.293. The molecule has 3 aromatic carbocycles. The van der Waals surface area contributed by atoms with Gasteiger partial charge in [0.1, 0.15) is 0 Å². The average molecular weight is 401 g/mol. The number of nitrogens with one attached hydrogen (secondary N) is 1. The molecule has 3 amide bonds. The van der Waals surface area contributed by atoms with Gasteiger partial charge in [0.2, 0.25) is 11.8 Å². The lowest BCUT2D eigenvalue weighted by molar-refractivity contribution is -0.121. The second kappa shape index (κ2) is 6.79. The second-order valence-corrected chi connectivity index (χ2v) is 7.81. The van der Waals surface area contributed by atoms with Crippen LogP contribution in [0.1, 0.15) is 23.2 Å². The van der Waals surface area contributed by atoms with Gasteiger partial charge in [0.05, 0.1) is 15.9 Å². The smallest absolute Gasteiger partial charge is 0.257 e. The lowest BCUT2D eigenvalue weighted by Gasteiger charge is -2.13. The van der Waals surface area contributed by atoms with E-state index in [9.17, 15) is 14.4 Å². The van der Waals surface area contributed by atoms with Crippen LogP contribution in [0, 0.1) is 0 Å². The number of benzene rings is 3. The van der Waals surface area contributed by atoms with Gasteiger partial charge in [-0.15, -0.1) is 0 Å². The van der Waals surface area contributed by atoms with Crippen LogP contribution in [0.5, 0.6) is 0 Å². The first-order valence-electron chi connectivity index (χ1n) is 9.16. The minimum absolute atomic E-state index is 0.214. The number of imide groups is 1. The third-order valence-corrected chi connectivity index (χ3v) is 5.88. The molecule has 0 bridgehead atoms. The van der Waals surface area contributed by atoms with Gasteiger partial charge in [-0.25, -0.2) is 4.98 Å². The van der Waals surface area contributed by atoms with Gasteiger partial charge < -0.3 is 0 Å². The summed E-state index contributed by atoms with van der Waals surface area (Å²) in [5.74, 6) is -0.721. The summed E-state index contributed by atoms with van der Waals surface area (Å²) >= 11 is 1.42. The van der Waals surface area contributed by atoms with E-state index in [0.717, 1.165) is 21.0 Å². The molecule has 7 heteroatoms. The van der Waals surface area contributed by atoms with Gasteiger partial charge in [-0.1, -0.05) is 41.7 Å². The van der Waals surface area contributed by atoms with Crippen molar-refractivity contribution < 1.29 is 14.4 Å². The summed E-state index contributed by atoms with van der Waals surface area (Å²) in [7, 11) is 0. The van der Waals surface area contributed by atoms with Gasteiger partial charge in [0, 0.05) is 23.8 Å². The summed E-state index contributed by atoms with van der Waals surface area (Å²) in [5.41, 5.74) is 1.78. The summed E-state index contributed by atoms with van der Waals surface area (Å²) in [4.78, 5) is 42.1. The molecule has 0 saturated carbocycles. The molecule has 4 aromatic rings. The van der Waals surface area contributed by atoms with Gasteiger partial charge >= 0.3 is 0 Å². The van der Waals surface area contributed by atoms with Crippen molar-refractivity contribution >= 4 is 60.9 Å². The van der Waals surface area contributed by atoms with E-state index >= 15 is 0 Å². The molecule has 1 aromatic heterocycles. The van der Waals surface area contributed by atoms with E-state index in [-0.39, 0.29) is 30.6 Å². The van der Waals surface area contributed by atoms with E-state index in [1.165, 1.54) is 16.2 Å². The first-order chi connectivity index (χ1) is 14.1. The molecule has 0 aliphatic carbocycles. The standard InChI is InChI=1S/C22H15N3O3S/c26-18-11-12-19(27)25(18)15-8-5-14(6-9-15)21(28)24-22-23-20-16-4-2-1-3-13(16)7-10-17(20)29-22/h1-10H,11-12H2,(H,23,24,28). The third-order valence-electron chi connectivity index (χ3n) is 4.94. The molecule has 142 valence electrons. The number of aromatic nitrogens is 1. The van der Waals surface area contributed by atoms with Crippen molar-refractivity contribution in [2.45, 2.75) is 12.8 Å². The Morgan fingerprint density at radius 2 is 1.66 bits per heavy atom. The number of hydrogen-bond acceptors (Lipinski definition) is 5. The highest BCUT2D eigenvalue weighted by molar-refractivity contribution is 7.22. The van der Waals surface area contributed by atoms with E-state index in [1.807, 2.05) is 36.4 Å². The van der Waals surface area contributed by atoms with E-state index in [0.29, 0.717) is 16.4 Å².